The van der Waals surface area contributed by atoms with E-state index >= 15 is 0 Å². The highest BCUT2D eigenvalue weighted by Crippen LogP contribution is 2.28. The summed E-state index contributed by atoms with van der Waals surface area (Å²) in [6, 6.07) is 14.3. The Labute approximate surface area is 219 Å². The molecule has 2 saturated heterocycles. The lowest BCUT2D eigenvalue weighted by Crippen LogP contribution is -2.45. The van der Waals surface area contributed by atoms with Gasteiger partial charge in [-0.1, -0.05) is 0 Å². The maximum Gasteiger partial charge on any atom is 0.230 e. The Balaban J connectivity index is 1.25. The van der Waals surface area contributed by atoms with Gasteiger partial charge in [0.25, 0.3) is 0 Å². The van der Waals surface area contributed by atoms with Crippen molar-refractivity contribution < 1.29 is 18.3 Å². The van der Waals surface area contributed by atoms with Crippen molar-refractivity contribution in [2.75, 3.05) is 38.5 Å². The fraction of sp³-hybridized carbons (Fsp3) is 0.407. The van der Waals surface area contributed by atoms with Gasteiger partial charge in [-0.05, 0) is 68.9 Å². The van der Waals surface area contributed by atoms with Gasteiger partial charge in [-0.2, -0.15) is 10.2 Å². The minimum Gasteiger partial charge on any atom is -0.487 e. The summed E-state index contributed by atoms with van der Waals surface area (Å²) in [7, 11) is 1.90. The first-order chi connectivity index (χ1) is 18.5. The van der Waals surface area contributed by atoms with Crippen LogP contribution in [0, 0.1) is 11.3 Å². The van der Waals surface area contributed by atoms with Crippen molar-refractivity contribution >= 4 is 11.6 Å². The van der Waals surface area contributed by atoms with Gasteiger partial charge in [0.15, 0.2) is 5.82 Å². The average molecular weight is 522 g/mol. The molecule has 198 valence electrons. The van der Waals surface area contributed by atoms with Crippen molar-refractivity contribution in [3.05, 3.63) is 54.4 Å². The van der Waals surface area contributed by atoms with Gasteiger partial charge in [-0.3, -0.25) is 0 Å². The van der Waals surface area contributed by atoms with E-state index in [9.17, 15) is 14.0 Å². The van der Waals surface area contributed by atoms with Gasteiger partial charge in [0.1, 0.15) is 48.4 Å². The fourth-order valence-electron chi connectivity index (χ4n) is 4.54. The van der Waals surface area contributed by atoms with Gasteiger partial charge in [-0.25, -0.2) is 18.7 Å². The first kappa shape index (κ1) is 25.8. The lowest BCUT2D eigenvalue weighted by molar-refractivity contribution is 0.0313. The van der Waals surface area contributed by atoms with Crippen molar-refractivity contribution in [2.45, 2.75) is 37.4 Å². The van der Waals surface area contributed by atoms with E-state index in [-0.39, 0.29) is 12.1 Å². The molecule has 0 radical (unpaired) electrons. The molecule has 3 aromatic rings. The third-order valence-corrected chi connectivity index (χ3v) is 6.64. The molecule has 4 atom stereocenters. The molecule has 38 heavy (non-hydrogen) atoms. The molecule has 0 spiro atoms. The standard InChI is InChI=1S/C27H29F2N7O2/c1-36-11-9-25(22(29)15-36)37-20-5-3-19(4-6-20)34-27-33-16-32-26(35-27)17-2-7-23(18(12-17)13-30)38-24-8-10-31-14-21(24)28/h2-7,12,16,21-22,24-25,31H,8-11,14-15H2,1H3,(H,32,33,34,35)/t21-,22-,24-,25-/m0/s1. The maximum atomic E-state index is 14.3. The van der Waals surface area contributed by atoms with Gasteiger partial charge in [0.2, 0.25) is 5.95 Å². The SMILES string of the molecule is CN1CC[C@H](Oc2ccc(Nc3ncnc(-c4ccc(O[C@H]5CCNC[C@@H]5F)c(C#N)c4)n3)cc2)[C@@H](F)C1. The lowest BCUT2D eigenvalue weighted by atomic mass is 10.1. The van der Waals surface area contributed by atoms with Gasteiger partial charge in [0.05, 0.1) is 5.56 Å². The second-order valence-corrected chi connectivity index (χ2v) is 9.49. The number of anilines is 2. The van der Waals surface area contributed by atoms with Crippen LogP contribution in [-0.4, -0.2) is 77.6 Å². The predicted octanol–water partition coefficient (Wildman–Crippen LogP) is 3.65. The number of nitrogens with zero attached hydrogens (tertiary/aromatic N) is 5. The number of piperidine rings is 2. The molecule has 11 heteroatoms. The molecule has 9 nitrogen and oxygen atoms in total. The minimum absolute atomic E-state index is 0.234. The quantitative estimate of drug-likeness (QED) is 0.482. The Kier molecular flexibility index (Phi) is 7.91. The molecule has 2 N–H and O–H groups in total. The van der Waals surface area contributed by atoms with E-state index in [2.05, 4.69) is 31.7 Å². The number of aromatic nitrogens is 3. The third-order valence-electron chi connectivity index (χ3n) is 6.64. The molecule has 0 unspecified atom stereocenters. The summed E-state index contributed by atoms with van der Waals surface area (Å²) in [5, 5.41) is 15.8. The van der Waals surface area contributed by atoms with Crippen LogP contribution in [0.2, 0.25) is 0 Å². The van der Waals surface area contributed by atoms with Crippen LogP contribution in [0.15, 0.2) is 48.8 Å². The summed E-state index contributed by atoms with van der Waals surface area (Å²) in [4.78, 5) is 14.8. The number of hydrogen-bond acceptors (Lipinski definition) is 9. The number of likely N-dealkylation sites (tertiary alicyclic amines) is 1. The van der Waals surface area contributed by atoms with E-state index < -0.39 is 24.6 Å². The summed E-state index contributed by atoms with van der Waals surface area (Å²) < 4.78 is 40.1. The highest BCUT2D eigenvalue weighted by Gasteiger charge is 2.29. The molecular formula is C27H29F2N7O2. The molecule has 5 rings (SSSR count). The first-order valence-corrected chi connectivity index (χ1v) is 12.6. The van der Waals surface area contributed by atoms with Gasteiger partial charge < -0.3 is 25.0 Å². The van der Waals surface area contributed by atoms with Crippen LogP contribution in [0.1, 0.15) is 18.4 Å². The Morgan fingerprint density at radius 3 is 2.63 bits per heavy atom. The van der Waals surface area contributed by atoms with Gasteiger partial charge in [0, 0.05) is 30.9 Å². The molecule has 0 saturated carbocycles. The van der Waals surface area contributed by atoms with Crippen molar-refractivity contribution in [1.29, 1.82) is 5.26 Å². The highest BCUT2D eigenvalue weighted by molar-refractivity contribution is 5.63. The Morgan fingerprint density at radius 2 is 1.87 bits per heavy atom. The van der Waals surface area contributed by atoms with Crippen LogP contribution >= 0.6 is 0 Å². The highest BCUT2D eigenvalue weighted by atomic mass is 19.1. The van der Waals surface area contributed by atoms with Crippen molar-refractivity contribution in [3.8, 4) is 29.0 Å². The number of rotatable bonds is 7. The largest absolute Gasteiger partial charge is 0.487 e. The number of hydrogen-bond donors (Lipinski definition) is 2. The van der Waals surface area contributed by atoms with Crippen LogP contribution in [0.25, 0.3) is 11.4 Å². The molecule has 1 aromatic heterocycles. The van der Waals surface area contributed by atoms with E-state index in [1.807, 2.05) is 11.9 Å². The molecular weight excluding hydrogens is 492 g/mol. The second-order valence-electron chi connectivity index (χ2n) is 9.49. The summed E-state index contributed by atoms with van der Waals surface area (Å²) >= 11 is 0. The second kappa shape index (κ2) is 11.7. The van der Waals surface area contributed by atoms with E-state index in [0.717, 1.165) is 12.2 Å². The summed E-state index contributed by atoms with van der Waals surface area (Å²) in [5.74, 6) is 1.61. The van der Waals surface area contributed by atoms with Crippen LogP contribution in [0.3, 0.4) is 0 Å². The fourth-order valence-corrected chi connectivity index (χ4v) is 4.54. The Bertz CT molecular complexity index is 1290. The number of halogens is 2. The molecule has 2 aliphatic heterocycles. The first-order valence-electron chi connectivity index (χ1n) is 12.6. The molecule has 0 amide bonds. The Morgan fingerprint density at radius 1 is 1.05 bits per heavy atom. The zero-order valence-electron chi connectivity index (χ0n) is 21.0. The minimum atomic E-state index is -1.14. The van der Waals surface area contributed by atoms with E-state index in [0.29, 0.717) is 54.8 Å². The lowest BCUT2D eigenvalue weighted by Gasteiger charge is -2.32. The maximum absolute atomic E-state index is 14.3. The van der Waals surface area contributed by atoms with E-state index in [4.69, 9.17) is 9.47 Å². The number of nitrogens with one attached hydrogen (secondary N) is 2. The summed E-state index contributed by atoms with van der Waals surface area (Å²) in [6.07, 6.45) is -0.669. The van der Waals surface area contributed by atoms with Crippen LogP contribution in [-0.2, 0) is 0 Å². The molecule has 0 aliphatic carbocycles. The van der Waals surface area contributed by atoms with Crippen molar-refractivity contribution in [3.63, 3.8) is 0 Å². The number of ether oxygens (including phenoxy) is 2. The number of nitriles is 1. The zero-order valence-corrected chi connectivity index (χ0v) is 21.0. The van der Waals surface area contributed by atoms with Crippen molar-refractivity contribution in [2.24, 2.45) is 0 Å². The van der Waals surface area contributed by atoms with E-state index in [1.54, 1.807) is 42.5 Å². The predicted molar refractivity (Wildman–Crippen MR) is 138 cm³/mol. The molecule has 3 heterocycles. The van der Waals surface area contributed by atoms with Gasteiger partial charge in [-0.15, -0.1) is 0 Å². The molecule has 0 bridgehead atoms. The summed E-state index contributed by atoms with van der Waals surface area (Å²) in [6.45, 7) is 2.07. The molecule has 2 fully saturated rings. The monoisotopic (exact) mass is 521 g/mol. The topological polar surface area (TPSA) is 108 Å². The smallest absolute Gasteiger partial charge is 0.230 e. The van der Waals surface area contributed by atoms with Crippen LogP contribution in [0.5, 0.6) is 11.5 Å². The zero-order chi connectivity index (χ0) is 26.5. The van der Waals surface area contributed by atoms with Gasteiger partial charge >= 0.3 is 0 Å². The molecule has 2 aromatic carbocycles. The number of benzene rings is 2. The average Bonchev–Trinajstić information content (AvgIpc) is 2.93. The van der Waals surface area contributed by atoms with Crippen LogP contribution in [0.4, 0.5) is 20.4 Å². The van der Waals surface area contributed by atoms with E-state index in [1.165, 1.54) is 6.33 Å². The summed E-state index contributed by atoms with van der Waals surface area (Å²) in [5.41, 5.74) is 1.60. The third kappa shape index (κ3) is 6.15. The molecule has 2 aliphatic rings. The van der Waals surface area contributed by atoms with Crippen LogP contribution < -0.4 is 20.1 Å². The normalized spacial score (nSPS) is 23.8. The number of alkyl halides is 2. The Hall–Kier alpha value is -3.88. The van der Waals surface area contributed by atoms with Crippen molar-refractivity contribution in [1.82, 2.24) is 25.2 Å².